The van der Waals surface area contributed by atoms with E-state index in [4.69, 9.17) is 0 Å². The summed E-state index contributed by atoms with van der Waals surface area (Å²) in [5.74, 6) is -0.0482. The summed E-state index contributed by atoms with van der Waals surface area (Å²) in [6.07, 6.45) is 9.00. The van der Waals surface area contributed by atoms with Gasteiger partial charge in [-0.25, -0.2) is 4.98 Å². The van der Waals surface area contributed by atoms with Crippen molar-refractivity contribution in [1.29, 1.82) is 0 Å². The molecule has 0 radical (unpaired) electrons. The Bertz CT molecular complexity index is 1010. The van der Waals surface area contributed by atoms with Crippen LogP contribution >= 0.6 is 0 Å². The van der Waals surface area contributed by atoms with Gasteiger partial charge in [-0.15, -0.1) is 0 Å². The first-order chi connectivity index (χ1) is 14.1. The number of hydrogen-bond acceptors (Lipinski definition) is 6. The molecule has 0 aliphatic carbocycles. The molecule has 0 saturated carbocycles. The summed E-state index contributed by atoms with van der Waals surface area (Å²) in [4.78, 5) is 25.5. The lowest BCUT2D eigenvalue weighted by atomic mass is 9.71. The highest BCUT2D eigenvalue weighted by Crippen LogP contribution is 2.42. The Morgan fingerprint density at radius 2 is 2.07 bits per heavy atom. The quantitative estimate of drug-likeness (QED) is 0.691. The fourth-order valence-electron chi connectivity index (χ4n) is 4.88. The van der Waals surface area contributed by atoms with E-state index in [9.17, 15) is 9.90 Å². The monoisotopic (exact) mass is 392 g/mol. The predicted octanol–water partition coefficient (Wildman–Crippen LogP) is 1.85. The van der Waals surface area contributed by atoms with Crippen LogP contribution < -0.4 is 4.90 Å². The summed E-state index contributed by atoms with van der Waals surface area (Å²) < 4.78 is 0. The van der Waals surface area contributed by atoms with Crippen molar-refractivity contribution in [3.8, 4) is 0 Å². The van der Waals surface area contributed by atoms with Crippen molar-refractivity contribution in [2.75, 3.05) is 31.1 Å². The Morgan fingerprint density at radius 3 is 2.86 bits per heavy atom. The fraction of sp³-hybridized carbons (Fsp3) is 0.429. The van der Waals surface area contributed by atoms with Crippen molar-refractivity contribution in [3.05, 3.63) is 48.5 Å². The van der Waals surface area contributed by atoms with Crippen LogP contribution in [0.3, 0.4) is 0 Å². The molecule has 8 nitrogen and oxygen atoms in total. The van der Waals surface area contributed by atoms with E-state index >= 15 is 0 Å². The number of aromatic amines is 1. The molecule has 0 bridgehead atoms. The molecule has 1 amide bonds. The second kappa shape index (κ2) is 7.11. The molecule has 1 atom stereocenters. The number of aliphatic hydroxyl groups is 1. The highest BCUT2D eigenvalue weighted by atomic mass is 16.3. The van der Waals surface area contributed by atoms with Gasteiger partial charge in [0.2, 0.25) is 0 Å². The summed E-state index contributed by atoms with van der Waals surface area (Å²) in [5.41, 5.74) is 2.46. The van der Waals surface area contributed by atoms with Crippen molar-refractivity contribution in [2.45, 2.75) is 25.4 Å². The number of carbonyl (C=O) groups is 1. The number of rotatable bonds is 2. The SMILES string of the molecule is O=C(c1cccnc1)N1CC(O)CC2(CCN(c3ccnc4[nH]ncc34)CC2)C1. The zero-order valence-corrected chi connectivity index (χ0v) is 16.2. The number of aliphatic hydroxyl groups excluding tert-OH is 1. The zero-order valence-electron chi connectivity index (χ0n) is 16.2. The van der Waals surface area contributed by atoms with Crippen molar-refractivity contribution in [2.24, 2.45) is 5.41 Å². The molecule has 3 aromatic rings. The van der Waals surface area contributed by atoms with E-state index in [1.807, 2.05) is 17.2 Å². The van der Waals surface area contributed by atoms with Gasteiger partial charge >= 0.3 is 0 Å². The van der Waals surface area contributed by atoms with Gasteiger partial charge in [0.05, 0.1) is 28.9 Å². The maximum atomic E-state index is 12.9. The smallest absolute Gasteiger partial charge is 0.255 e. The molecule has 2 saturated heterocycles. The maximum absolute atomic E-state index is 12.9. The normalized spacial score (nSPS) is 21.6. The Hall–Kier alpha value is -3.00. The number of anilines is 1. The van der Waals surface area contributed by atoms with Gasteiger partial charge in [-0.3, -0.25) is 14.9 Å². The third kappa shape index (κ3) is 3.33. The molecular weight excluding hydrogens is 368 g/mol. The molecule has 8 heteroatoms. The van der Waals surface area contributed by atoms with Crippen LogP contribution in [-0.2, 0) is 0 Å². The molecular formula is C21H24N6O2. The van der Waals surface area contributed by atoms with Crippen LogP contribution in [0.25, 0.3) is 11.0 Å². The number of nitrogens with zero attached hydrogens (tertiary/aromatic N) is 5. The van der Waals surface area contributed by atoms with E-state index in [-0.39, 0.29) is 11.3 Å². The van der Waals surface area contributed by atoms with Crippen LogP contribution in [0.5, 0.6) is 0 Å². The first-order valence-electron chi connectivity index (χ1n) is 10.0. The minimum atomic E-state index is -0.488. The molecule has 3 aromatic heterocycles. The Balaban J connectivity index is 1.33. The first kappa shape index (κ1) is 18.1. The molecule has 0 aromatic carbocycles. The number of nitrogens with one attached hydrogen (secondary N) is 1. The number of aromatic nitrogens is 4. The predicted molar refractivity (Wildman–Crippen MR) is 109 cm³/mol. The average molecular weight is 392 g/mol. The molecule has 2 aliphatic rings. The van der Waals surface area contributed by atoms with Gasteiger partial charge in [0.25, 0.3) is 5.91 Å². The molecule has 1 spiro atoms. The van der Waals surface area contributed by atoms with E-state index < -0.39 is 6.10 Å². The molecule has 2 fully saturated rings. The van der Waals surface area contributed by atoms with Crippen LogP contribution in [0.15, 0.2) is 43.0 Å². The number of amides is 1. The molecule has 150 valence electrons. The minimum absolute atomic E-state index is 0.0470. The van der Waals surface area contributed by atoms with E-state index in [1.165, 1.54) is 0 Å². The second-order valence-electron chi connectivity index (χ2n) is 8.23. The van der Waals surface area contributed by atoms with E-state index in [0.29, 0.717) is 18.7 Å². The van der Waals surface area contributed by atoms with Crippen molar-refractivity contribution >= 4 is 22.6 Å². The molecule has 1 unspecified atom stereocenters. The zero-order chi connectivity index (χ0) is 19.8. The minimum Gasteiger partial charge on any atom is -0.391 e. The molecule has 5 rings (SSSR count). The number of pyridine rings is 2. The van der Waals surface area contributed by atoms with Crippen molar-refractivity contribution in [1.82, 2.24) is 25.1 Å². The van der Waals surface area contributed by atoms with Gasteiger partial charge in [0.1, 0.15) is 0 Å². The Kier molecular flexibility index (Phi) is 4.43. The third-order valence-electron chi connectivity index (χ3n) is 6.32. The lowest BCUT2D eigenvalue weighted by molar-refractivity contribution is -0.0150. The van der Waals surface area contributed by atoms with Gasteiger partial charge in [-0.05, 0) is 42.9 Å². The Morgan fingerprint density at radius 1 is 1.21 bits per heavy atom. The number of H-pyrrole nitrogens is 1. The largest absolute Gasteiger partial charge is 0.391 e. The molecule has 2 aliphatic heterocycles. The van der Waals surface area contributed by atoms with Crippen LogP contribution in [0.1, 0.15) is 29.6 Å². The summed E-state index contributed by atoms with van der Waals surface area (Å²) in [6, 6.07) is 5.59. The van der Waals surface area contributed by atoms with Crippen LogP contribution in [0.2, 0.25) is 0 Å². The highest BCUT2D eigenvalue weighted by molar-refractivity contribution is 5.94. The molecule has 5 heterocycles. The van der Waals surface area contributed by atoms with Crippen LogP contribution in [0.4, 0.5) is 5.69 Å². The van der Waals surface area contributed by atoms with E-state index in [0.717, 1.165) is 49.1 Å². The molecule has 2 N–H and O–H groups in total. The topological polar surface area (TPSA) is 98.2 Å². The summed E-state index contributed by atoms with van der Waals surface area (Å²) in [7, 11) is 0. The second-order valence-corrected chi connectivity index (χ2v) is 8.23. The number of carbonyl (C=O) groups excluding carboxylic acids is 1. The number of hydrogen-bond donors (Lipinski definition) is 2. The van der Waals surface area contributed by atoms with E-state index in [2.05, 4.69) is 25.1 Å². The fourth-order valence-corrected chi connectivity index (χ4v) is 4.88. The summed E-state index contributed by atoms with van der Waals surface area (Å²) in [6.45, 7) is 2.83. The number of β-amino-alcohol motifs (C(OH)–C–C–N with tert-alkyl or cyclic N) is 1. The van der Waals surface area contributed by atoms with Crippen molar-refractivity contribution < 1.29 is 9.90 Å². The number of fused-ring (bicyclic) bond motifs is 1. The summed E-state index contributed by atoms with van der Waals surface area (Å²) >= 11 is 0. The lowest BCUT2D eigenvalue weighted by Crippen LogP contribution is -2.55. The third-order valence-corrected chi connectivity index (χ3v) is 6.32. The van der Waals surface area contributed by atoms with Crippen LogP contribution in [0, 0.1) is 5.41 Å². The van der Waals surface area contributed by atoms with Crippen LogP contribution in [-0.4, -0.2) is 68.4 Å². The lowest BCUT2D eigenvalue weighted by Gasteiger charge is -2.49. The van der Waals surface area contributed by atoms with Crippen molar-refractivity contribution in [3.63, 3.8) is 0 Å². The summed E-state index contributed by atoms with van der Waals surface area (Å²) in [5, 5.41) is 18.6. The van der Waals surface area contributed by atoms with Gasteiger partial charge in [0.15, 0.2) is 5.65 Å². The van der Waals surface area contributed by atoms with Gasteiger partial charge in [0, 0.05) is 44.8 Å². The molecule has 29 heavy (non-hydrogen) atoms. The highest BCUT2D eigenvalue weighted by Gasteiger charge is 2.43. The maximum Gasteiger partial charge on any atom is 0.255 e. The average Bonchev–Trinajstić information content (AvgIpc) is 3.23. The first-order valence-corrected chi connectivity index (χ1v) is 10.0. The van der Waals surface area contributed by atoms with Gasteiger partial charge in [-0.1, -0.05) is 0 Å². The van der Waals surface area contributed by atoms with E-state index in [1.54, 1.807) is 30.7 Å². The van der Waals surface area contributed by atoms with Gasteiger partial charge in [-0.2, -0.15) is 5.10 Å². The number of likely N-dealkylation sites (tertiary alicyclic amines) is 1. The standard InChI is InChI=1S/C21H24N6O2/c28-16-10-21(14-27(13-16)20(29)15-2-1-6-22-11-15)4-8-26(9-5-21)18-3-7-23-19-17(18)12-24-25-19/h1-3,6-7,11-12,16,28H,4-5,8-10,13-14H2,(H,23,24,25). The van der Waals surface area contributed by atoms with Gasteiger partial charge < -0.3 is 14.9 Å². The number of piperidine rings is 2. The Labute approximate surface area is 168 Å².